The molecule has 2 rings (SSSR count). The molecule has 1 aromatic carbocycles. The first-order chi connectivity index (χ1) is 8.59. The van der Waals surface area contributed by atoms with E-state index in [0.717, 1.165) is 31.6 Å². The summed E-state index contributed by atoms with van der Waals surface area (Å²) in [5.41, 5.74) is 1.57. The van der Waals surface area contributed by atoms with Crippen LogP contribution in [0.2, 0.25) is 0 Å². The summed E-state index contributed by atoms with van der Waals surface area (Å²) in [6, 6.07) is 8.02. The van der Waals surface area contributed by atoms with Crippen molar-refractivity contribution in [2.75, 3.05) is 19.7 Å². The molecule has 1 aliphatic heterocycles. The van der Waals surface area contributed by atoms with E-state index in [1.54, 1.807) is 0 Å². The summed E-state index contributed by atoms with van der Waals surface area (Å²) in [5.74, 6) is 5.56. The summed E-state index contributed by atoms with van der Waals surface area (Å²) < 4.78 is 0. The Balaban J connectivity index is 2.02. The van der Waals surface area contributed by atoms with Crippen molar-refractivity contribution in [1.82, 2.24) is 4.90 Å². The molecule has 18 heavy (non-hydrogen) atoms. The zero-order valence-corrected chi connectivity index (χ0v) is 10.7. The lowest BCUT2D eigenvalue weighted by Gasteiger charge is -2.18. The smallest absolute Gasteiger partial charge is 0.104 e. The second-order valence-corrected chi connectivity index (χ2v) is 5.12. The fourth-order valence-corrected chi connectivity index (χ4v) is 2.32. The minimum absolute atomic E-state index is 0.112. The lowest BCUT2D eigenvalue weighted by atomic mass is 10.1. The number of hydrogen-bond acceptors (Lipinski definition) is 3. The van der Waals surface area contributed by atoms with Gasteiger partial charge in [-0.2, -0.15) is 0 Å². The predicted octanol–water partition coefficient (Wildman–Crippen LogP) is 0.987. The Morgan fingerprint density at radius 2 is 2.28 bits per heavy atom. The molecule has 1 heterocycles. The first kappa shape index (κ1) is 13.1. The van der Waals surface area contributed by atoms with E-state index >= 15 is 0 Å². The van der Waals surface area contributed by atoms with Crippen molar-refractivity contribution < 1.29 is 10.2 Å². The zero-order valence-electron chi connectivity index (χ0n) is 10.7. The second-order valence-electron chi connectivity index (χ2n) is 5.12. The van der Waals surface area contributed by atoms with Crippen LogP contribution in [-0.2, 0) is 6.54 Å². The number of likely N-dealkylation sites (tertiary alicyclic amines) is 1. The van der Waals surface area contributed by atoms with Gasteiger partial charge in [-0.25, -0.2) is 0 Å². The Bertz CT molecular complexity index is 471. The highest BCUT2D eigenvalue weighted by atomic mass is 16.3. The van der Waals surface area contributed by atoms with Crippen LogP contribution in [0.4, 0.5) is 0 Å². The molecular formula is C15H19NO2. The van der Waals surface area contributed by atoms with Gasteiger partial charge in [0.1, 0.15) is 6.61 Å². The molecule has 0 radical (unpaired) electrons. The molecule has 3 nitrogen and oxygen atoms in total. The second kappa shape index (κ2) is 5.53. The number of rotatable bonds is 2. The highest BCUT2D eigenvalue weighted by Gasteiger charge is 2.30. The van der Waals surface area contributed by atoms with Crippen molar-refractivity contribution in [2.24, 2.45) is 0 Å². The normalized spacial score (nSPS) is 23.7. The third-order valence-electron chi connectivity index (χ3n) is 3.18. The molecule has 0 aliphatic carbocycles. The Labute approximate surface area is 108 Å². The molecule has 1 unspecified atom stereocenters. The summed E-state index contributed by atoms with van der Waals surface area (Å²) >= 11 is 0. The van der Waals surface area contributed by atoms with E-state index in [-0.39, 0.29) is 6.61 Å². The monoisotopic (exact) mass is 245 g/mol. The topological polar surface area (TPSA) is 43.7 Å². The maximum absolute atomic E-state index is 9.92. The molecule has 1 atom stereocenters. The quantitative estimate of drug-likeness (QED) is 0.764. The summed E-state index contributed by atoms with van der Waals surface area (Å²) in [5, 5.41) is 18.6. The predicted molar refractivity (Wildman–Crippen MR) is 70.9 cm³/mol. The van der Waals surface area contributed by atoms with E-state index in [2.05, 4.69) is 22.8 Å². The van der Waals surface area contributed by atoms with Crippen LogP contribution < -0.4 is 0 Å². The number of β-amino-alcohol motifs (C(OH)–C–C–N with tert-alkyl or cyclic N) is 1. The van der Waals surface area contributed by atoms with E-state index < -0.39 is 5.60 Å². The number of hydrogen-bond donors (Lipinski definition) is 2. The van der Waals surface area contributed by atoms with Crippen LogP contribution in [0.3, 0.4) is 0 Å². The average Bonchev–Trinajstić information content (AvgIpc) is 2.66. The van der Waals surface area contributed by atoms with Gasteiger partial charge >= 0.3 is 0 Å². The lowest BCUT2D eigenvalue weighted by Crippen LogP contribution is -2.29. The van der Waals surface area contributed by atoms with Crippen LogP contribution in [0.15, 0.2) is 24.3 Å². The van der Waals surface area contributed by atoms with Crippen molar-refractivity contribution in [2.45, 2.75) is 25.5 Å². The van der Waals surface area contributed by atoms with Gasteiger partial charge in [-0.15, -0.1) is 0 Å². The summed E-state index contributed by atoms with van der Waals surface area (Å²) in [4.78, 5) is 2.25. The Morgan fingerprint density at radius 3 is 2.94 bits per heavy atom. The third kappa shape index (κ3) is 3.58. The number of aliphatic hydroxyl groups excluding tert-OH is 1. The van der Waals surface area contributed by atoms with Crippen LogP contribution in [0, 0.1) is 11.8 Å². The SMILES string of the molecule is CC1(O)CCN(Cc2cccc(C#CCO)c2)C1. The molecule has 0 bridgehead atoms. The highest BCUT2D eigenvalue weighted by molar-refractivity contribution is 5.37. The fraction of sp³-hybridized carbons (Fsp3) is 0.467. The Morgan fingerprint density at radius 1 is 1.44 bits per heavy atom. The van der Waals surface area contributed by atoms with Crippen LogP contribution >= 0.6 is 0 Å². The molecule has 0 saturated carbocycles. The fourth-order valence-electron chi connectivity index (χ4n) is 2.32. The zero-order chi connectivity index (χ0) is 13.0. The molecule has 1 fully saturated rings. The summed E-state index contributed by atoms with van der Waals surface area (Å²) in [6.07, 6.45) is 0.830. The molecule has 3 heteroatoms. The maximum Gasteiger partial charge on any atom is 0.104 e. The van der Waals surface area contributed by atoms with Crippen molar-refractivity contribution in [3.8, 4) is 11.8 Å². The van der Waals surface area contributed by atoms with Gasteiger partial charge in [0.05, 0.1) is 5.60 Å². The van der Waals surface area contributed by atoms with Gasteiger partial charge < -0.3 is 10.2 Å². The van der Waals surface area contributed by atoms with Gasteiger partial charge in [0, 0.05) is 25.2 Å². The van der Waals surface area contributed by atoms with Crippen molar-refractivity contribution in [3.63, 3.8) is 0 Å². The minimum Gasteiger partial charge on any atom is -0.389 e. The molecule has 96 valence electrons. The average molecular weight is 245 g/mol. The number of aliphatic hydroxyl groups is 2. The summed E-state index contributed by atoms with van der Waals surface area (Å²) in [7, 11) is 0. The van der Waals surface area contributed by atoms with E-state index in [1.807, 2.05) is 25.1 Å². The van der Waals surface area contributed by atoms with Crippen LogP contribution in [-0.4, -0.2) is 40.4 Å². The van der Waals surface area contributed by atoms with Gasteiger partial charge in [0.25, 0.3) is 0 Å². The largest absolute Gasteiger partial charge is 0.389 e. The number of nitrogens with zero attached hydrogens (tertiary/aromatic N) is 1. The van der Waals surface area contributed by atoms with E-state index in [1.165, 1.54) is 5.56 Å². The van der Waals surface area contributed by atoms with E-state index in [0.29, 0.717) is 0 Å². The summed E-state index contributed by atoms with van der Waals surface area (Å²) in [6.45, 7) is 4.26. The van der Waals surface area contributed by atoms with Crippen molar-refractivity contribution in [1.29, 1.82) is 0 Å². The van der Waals surface area contributed by atoms with Crippen LogP contribution in [0.25, 0.3) is 0 Å². The van der Waals surface area contributed by atoms with Crippen molar-refractivity contribution >= 4 is 0 Å². The van der Waals surface area contributed by atoms with Gasteiger partial charge in [-0.3, -0.25) is 4.90 Å². The van der Waals surface area contributed by atoms with Crippen LogP contribution in [0.5, 0.6) is 0 Å². The molecule has 0 spiro atoms. The molecule has 1 saturated heterocycles. The molecule has 1 aliphatic rings. The first-order valence-corrected chi connectivity index (χ1v) is 6.22. The van der Waals surface area contributed by atoms with Gasteiger partial charge in [0.2, 0.25) is 0 Å². The first-order valence-electron chi connectivity index (χ1n) is 6.22. The van der Waals surface area contributed by atoms with Crippen molar-refractivity contribution in [3.05, 3.63) is 35.4 Å². The molecule has 0 aromatic heterocycles. The van der Waals surface area contributed by atoms with Crippen LogP contribution in [0.1, 0.15) is 24.5 Å². The molecular weight excluding hydrogens is 226 g/mol. The van der Waals surface area contributed by atoms with E-state index in [4.69, 9.17) is 5.11 Å². The molecule has 2 N–H and O–H groups in total. The van der Waals surface area contributed by atoms with E-state index in [9.17, 15) is 5.11 Å². The minimum atomic E-state index is -0.547. The van der Waals surface area contributed by atoms with Gasteiger partial charge in [-0.1, -0.05) is 24.0 Å². The lowest BCUT2D eigenvalue weighted by molar-refractivity contribution is 0.0679. The molecule has 0 amide bonds. The standard InChI is InChI=1S/C15H19NO2/c1-15(18)7-8-16(12-15)11-14-5-2-4-13(10-14)6-3-9-17/h2,4-5,10,17-18H,7-9,11-12H2,1H3. The van der Waals surface area contributed by atoms with Gasteiger partial charge in [0.15, 0.2) is 0 Å². The number of benzene rings is 1. The molecule has 1 aromatic rings. The Kier molecular flexibility index (Phi) is 4.03. The third-order valence-corrected chi connectivity index (χ3v) is 3.18. The Hall–Kier alpha value is -1.34. The highest BCUT2D eigenvalue weighted by Crippen LogP contribution is 2.22. The van der Waals surface area contributed by atoms with Gasteiger partial charge in [-0.05, 0) is 31.0 Å². The maximum atomic E-state index is 9.92.